The van der Waals surface area contributed by atoms with E-state index in [0.29, 0.717) is 21.6 Å². The molecule has 2 rings (SSSR count). The highest BCUT2D eigenvalue weighted by Gasteiger charge is 2.15. The summed E-state index contributed by atoms with van der Waals surface area (Å²) in [5, 5.41) is 9.29. The van der Waals surface area contributed by atoms with Crippen molar-refractivity contribution in [2.45, 2.75) is 11.3 Å². The lowest BCUT2D eigenvalue weighted by Crippen LogP contribution is -2.13. The average Bonchev–Trinajstić information content (AvgIpc) is 2.44. The number of hydrogen-bond donors (Lipinski definition) is 2. The van der Waals surface area contributed by atoms with Gasteiger partial charge in [-0.2, -0.15) is 0 Å². The van der Waals surface area contributed by atoms with Crippen molar-refractivity contribution in [2.75, 3.05) is 11.3 Å². The molecule has 0 spiro atoms. The van der Waals surface area contributed by atoms with Gasteiger partial charge >= 0.3 is 0 Å². The van der Waals surface area contributed by atoms with E-state index in [1.807, 2.05) is 0 Å². The third-order valence-corrected chi connectivity index (χ3v) is 5.40. The first-order valence-electron chi connectivity index (χ1n) is 6.10. The average molecular weight is 391 g/mol. The van der Waals surface area contributed by atoms with E-state index in [0.717, 1.165) is 5.56 Å². The van der Waals surface area contributed by atoms with Crippen LogP contribution in [0.1, 0.15) is 5.56 Å². The fourth-order valence-corrected chi connectivity index (χ4v) is 3.46. The summed E-state index contributed by atoms with van der Waals surface area (Å²) in [5.41, 5.74) is 1.40. The molecule has 21 heavy (non-hydrogen) atoms. The third kappa shape index (κ3) is 4.20. The van der Waals surface area contributed by atoms with Crippen LogP contribution in [0, 0.1) is 0 Å². The van der Waals surface area contributed by atoms with Gasteiger partial charge in [-0.25, -0.2) is 8.42 Å². The molecule has 0 aliphatic rings. The van der Waals surface area contributed by atoms with Crippen LogP contribution in [0.5, 0.6) is 0 Å². The summed E-state index contributed by atoms with van der Waals surface area (Å²) >= 11 is 9.06. The van der Waals surface area contributed by atoms with E-state index >= 15 is 0 Å². The molecule has 4 nitrogen and oxygen atoms in total. The van der Waals surface area contributed by atoms with Crippen molar-refractivity contribution in [2.24, 2.45) is 0 Å². The van der Waals surface area contributed by atoms with Crippen molar-refractivity contribution in [1.82, 2.24) is 0 Å². The van der Waals surface area contributed by atoms with Crippen molar-refractivity contribution in [3.63, 3.8) is 0 Å². The van der Waals surface area contributed by atoms with Crippen molar-refractivity contribution < 1.29 is 13.5 Å². The first-order valence-corrected chi connectivity index (χ1v) is 8.75. The van der Waals surface area contributed by atoms with Crippen LogP contribution in [-0.2, 0) is 16.4 Å². The zero-order valence-corrected chi connectivity index (χ0v) is 14.0. The Morgan fingerprint density at radius 1 is 1.14 bits per heavy atom. The molecular formula is C14H13BrClNO3S. The van der Waals surface area contributed by atoms with Crippen LogP contribution in [0.2, 0.25) is 5.02 Å². The van der Waals surface area contributed by atoms with Crippen molar-refractivity contribution in [3.8, 4) is 0 Å². The van der Waals surface area contributed by atoms with Crippen LogP contribution in [0.15, 0.2) is 51.8 Å². The van der Waals surface area contributed by atoms with Gasteiger partial charge in [0.25, 0.3) is 10.0 Å². The van der Waals surface area contributed by atoms with Gasteiger partial charge in [-0.05, 0) is 58.2 Å². The van der Waals surface area contributed by atoms with E-state index in [1.54, 1.807) is 24.3 Å². The van der Waals surface area contributed by atoms with Gasteiger partial charge in [-0.3, -0.25) is 4.72 Å². The molecule has 0 saturated heterocycles. The van der Waals surface area contributed by atoms with Crippen molar-refractivity contribution >= 4 is 43.2 Å². The minimum atomic E-state index is -3.67. The quantitative estimate of drug-likeness (QED) is 0.822. The van der Waals surface area contributed by atoms with Crippen LogP contribution in [0.4, 0.5) is 5.69 Å². The number of sulfonamides is 1. The van der Waals surface area contributed by atoms with Gasteiger partial charge in [0, 0.05) is 16.8 Å². The first-order chi connectivity index (χ1) is 9.92. The highest BCUT2D eigenvalue weighted by atomic mass is 79.9. The smallest absolute Gasteiger partial charge is 0.261 e. The van der Waals surface area contributed by atoms with E-state index < -0.39 is 10.0 Å². The lowest BCUT2D eigenvalue weighted by Gasteiger charge is -2.09. The summed E-state index contributed by atoms with van der Waals surface area (Å²) in [4.78, 5) is 0.123. The van der Waals surface area contributed by atoms with E-state index in [-0.39, 0.29) is 11.5 Å². The molecular weight excluding hydrogens is 378 g/mol. The molecule has 0 aliphatic heterocycles. The minimum absolute atomic E-state index is 0.0594. The van der Waals surface area contributed by atoms with Gasteiger partial charge in [-0.15, -0.1) is 0 Å². The van der Waals surface area contributed by atoms with Crippen LogP contribution < -0.4 is 4.72 Å². The zero-order chi connectivity index (χ0) is 15.5. The predicted octanol–water partition coefficient (Wildman–Crippen LogP) is 3.44. The Kier molecular flexibility index (Phi) is 5.27. The van der Waals surface area contributed by atoms with Crippen LogP contribution in [-0.4, -0.2) is 20.1 Å². The Morgan fingerprint density at radius 2 is 1.81 bits per heavy atom. The molecule has 0 aromatic heterocycles. The van der Waals surface area contributed by atoms with Gasteiger partial charge < -0.3 is 5.11 Å². The fourth-order valence-electron chi connectivity index (χ4n) is 1.73. The molecule has 0 heterocycles. The second-order valence-electron chi connectivity index (χ2n) is 4.35. The number of benzene rings is 2. The van der Waals surface area contributed by atoms with Crippen LogP contribution in [0.25, 0.3) is 0 Å². The molecule has 2 N–H and O–H groups in total. The van der Waals surface area contributed by atoms with Crippen molar-refractivity contribution in [1.29, 1.82) is 0 Å². The number of hydrogen-bond acceptors (Lipinski definition) is 3. The lowest BCUT2D eigenvalue weighted by molar-refractivity contribution is 0.299. The van der Waals surface area contributed by atoms with Gasteiger partial charge in [0.05, 0.1) is 9.92 Å². The number of halogens is 2. The molecule has 0 radical (unpaired) electrons. The van der Waals surface area contributed by atoms with Gasteiger partial charge in [-0.1, -0.05) is 23.7 Å². The Labute approximate surface area is 136 Å². The highest BCUT2D eigenvalue weighted by molar-refractivity contribution is 9.10. The molecule has 0 amide bonds. The maximum atomic E-state index is 12.3. The number of aliphatic hydroxyl groups is 1. The van der Waals surface area contributed by atoms with E-state index in [4.69, 9.17) is 16.7 Å². The standard InChI is InChI=1S/C14H13BrClNO3S/c15-13-9-12(5-6-14(13)16)21(19,20)17-11-3-1-10(2-4-11)7-8-18/h1-6,9,17-18H,7-8H2. The van der Waals surface area contributed by atoms with Gasteiger partial charge in [0.2, 0.25) is 0 Å². The zero-order valence-electron chi connectivity index (χ0n) is 10.9. The van der Waals surface area contributed by atoms with Crippen molar-refractivity contribution in [3.05, 3.63) is 57.5 Å². The Morgan fingerprint density at radius 3 is 2.38 bits per heavy atom. The normalized spacial score (nSPS) is 11.4. The summed E-state index contributed by atoms with van der Waals surface area (Å²) in [7, 11) is -3.67. The minimum Gasteiger partial charge on any atom is -0.396 e. The van der Waals surface area contributed by atoms with Crippen LogP contribution >= 0.6 is 27.5 Å². The molecule has 0 bridgehead atoms. The summed E-state index contributed by atoms with van der Waals surface area (Å²) in [6, 6.07) is 11.3. The van der Waals surface area contributed by atoms with E-state index in [1.165, 1.54) is 18.2 Å². The van der Waals surface area contributed by atoms with Gasteiger partial charge in [0.1, 0.15) is 0 Å². The number of rotatable bonds is 5. The predicted molar refractivity (Wildman–Crippen MR) is 87.2 cm³/mol. The van der Waals surface area contributed by atoms with E-state index in [2.05, 4.69) is 20.7 Å². The molecule has 0 fully saturated rings. The van der Waals surface area contributed by atoms with Crippen LogP contribution in [0.3, 0.4) is 0 Å². The summed E-state index contributed by atoms with van der Waals surface area (Å²) in [6.07, 6.45) is 0.539. The fraction of sp³-hybridized carbons (Fsp3) is 0.143. The SMILES string of the molecule is O=S(=O)(Nc1ccc(CCO)cc1)c1ccc(Cl)c(Br)c1. The molecule has 0 aliphatic carbocycles. The Bertz CT molecular complexity index is 732. The molecule has 112 valence electrons. The molecule has 7 heteroatoms. The summed E-state index contributed by atoms with van der Waals surface area (Å²) in [6.45, 7) is 0.0594. The number of aliphatic hydroxyl groups excluding tert-OH is 1. The van der Waals surface area contributed by atoms with E-state index in [9.17, 15) is 8.42 Å². The molecule has 2 aromatic carbocycles. The molecule has 0 saturated carbocycles. The maximum absolute atomic E-state index is 12.3. The second-order valence-corrected chi connectivity index (χ2v) is 7.30. The number of anilines is 1. The lowest BCUT2D eigenvalue weighted by atomic mass is 10.1. The molecule has 0 atom stereocenters. The molecule has 2 aromatic rings. The summed E-state index contributed by atoms with van der Waals surface area (Å²) < 4.78 is 27.5. The Hall–Kier alpha value is -1.08. The largest absolute Gasteiger partial charge is 0.396 e. The maximum Gasteiger partial charge on any atom is 0.261 e. The highest BCUT2D eigenvalue weighted by Crippen LogP contribution is 2.26. The summed E-state index contributed by atoms with van der Waals surface area (Å²) in [5.74, 6) is 0. The topological polar surface area (TPSA) is 66.4 Å². The Balaban J connectivity index is 2.22. The monoisotopic (exact) mass is 389 g/mol. The van der Waals surface area contributed by atoms with Gasteiger partial charge in [0.15, 0.2) is 0 Å². The first kappa shape index (κ1) is 16.3. The number of nitrogens with one attached hydrogen (secondary N) is 1. The second kappa shape index (κ2) is 6.79. The third-order valence-electron chi connectivity index (χ3n) is 2.81. The molecule has 0 unspecified atom stereocenters.